The Balaban J connectivity index is 1.64. The van der Waals surface area contributed by atoms with Gasteiger partial charge < -0.3 is 4.90 Å². The van der Waals surface area contributed by atoms with Crippen LogP contribution in [-0.4, -0.2) is 28.9 Å². The molecule has 1 aliphatic heterocycles. The fourth-order valence-corrected chi connectivity index (χ4v) is 3.93. The Morgan fingerprint density at radius 1 is 1.29 bits per heavy atom. The first-order chi connectivity index (χ1) is 11.6. The van der Waals surface area contributed by atoms with Gasteiger partial charge in [-0.05, 0) is 48.6 Å². The molecular formula is C19H21ClN2OS. The fraction of sp³-hybridized carbons (Fsp3) is 0.368. The van der Waals surface area contributed by atoms with Gasteiger partial charge in [0.2, 0.25) is 0 Å². The van der Waals surface area contributed by atoms with Crippen molar-refractivity contribution in [3.63, 3.8) is 0 Å². The molecule has 5 heteroatoms. The van der Waals surface area contributed by atoms with Gasteiger partial charge in [-0.2, -0.15) is 0 Å². The molecule has 2 aromatic rings. The van der Waals surface area contributed by atoms with Crippen LogP contribution in [0, 0.1) is 5.92 Å². The van der Waals surface area contributed by atoms with Crippen LogP contribution in [0.4, 0.5) is 0 Å². The molecule has 0 saturated carbocycles. The number of aromatic nitrogens is 1. The van der Waals surface area contributed by atoms with E-state index in [1.54, 1.807) is 18.0 Å². The first kappa shape index (κ1) is 17.3. The predicted molar refractivity (Wildman–Crippen MR) is 99.6 cm³/mol. The number of amides is 1. The maximum Gasteiger partial charge on any atom is 0.255 e. The molecule has 3 nitrogen and oxygen atoms in total. The highest BCUT2D eigenvalue weighted by Gasteiger charge is 2.21. The normalized spacial score (nSPS) is 15.5. The Kier molecular flexibility index (Phi) is 5.80. The van der Waals surface area contributed by atoms with Gasteiger partial charge in [-0.3, -0.25) is 9.78 Å². The first-order valence-corrected chi connectivity index (χ1v) is 9.60. The molecule has 1 amide bonds. The van der Waals surface area contributed by atoms with E-state index in [1.807, 2.05) is 41.4 Å². The van der Waals surface area contributed by atoms with Crippen LogP contribution in [0.15, 0.2) is 47.6 Å². The number of hydrogen-bond acceptors (Lipinski definition) is 3. The molecule has 1 aromatic heterocycles. The minimum Gasteiger partial charge on any atom is -0.339 e. The summed E-state index contributed by atoms with van der Waals surface area (Å²) in [5, 5.41) is 0.737. The molecule has 0 radical (unpaired) electrons. The monoisotopic (exact) mass is 360 g/mol. The second-order valence-electron chi connectivity index (χ2n) is 6.30. The molecule has 0 atom stereocenters. The third-order valence-electron chi connectivity index (χ3n) is 4.31. The average Bonchev–Trinajstić information content (AvgIpc) is 2.60. The zero-order valence-corrected chi connectivity index (χ0v) is 15.3. The number of nitrogens with zero attached hydrogens (tertiary/aromatic N) is 2. The Hall–Kier alpha value is -1.52. The lowest BCUT2D eigenvalue weighted by atomic mass is 9.99. The first-order valence-electron chi connectivity index (χ1n) is 8.23. The van der Waals surface area contributed by atoms with Gasteiger partial charge in [-0.1, -0.05) is 24.6 Å². The largest absolute Gasteiger partial charge is 0.339 e. The van der Waals surface area contributed by atoms with Crippen LogP contribution in [0.5, 0.6) is 0 Å². The van der Waals surface area contributed by atoms with Gasteiger partial charge in [-0.15, -0.1) is 11.8 Å². The number of benzene rings is 1. The van der Waals surface area contributed by atoms with E-state index in [2.05, 4.69) is 11.9 Å². The number of pyridine rings is 1. The molecular weight excluding hydrogens is 340 g/mol. The van der Waals surface area contributed by atoms with Crippen LogP contribution in [0.2, 0.25) is 5.02 Å². The average molecular weight is 361 g/mol. The van der Waals surface area contributed by atoms with Gasteiger partial charge in [-0.25, -0.2) is 0 Å². The van der Waals surface area contributed by atoms with Crippen molar-refractivity contribution in [2.45, 2.75) is 30.4 Å². The molecule has 24 heavy (non-hydrogen) atoms. The van der Waals surface area contributed by atoms with Crippen molar-refractivity contribution in [3.05, 3.63) is 58.9 Å². The topological polar surface area (TPSA) is 33.2 Å². The summed E-state index contributed by atoms with van der Waals surface area (Å²) in [5.41, 5.74) is 1.74. The van der Waals surface area contributed by atoms with E-state index in [4.69, 9.17) is 11.6 Å². The minimum absolute atomic E-state index is 0.101. The second kappa shape index (κ2) is 8.04. The van der Waals surface area contributed by atoms with E-state index in [-0.39, 0.29) is 5.91 Å². The summed E-state index contributed by atoms with van der Waals surface area (Å²) in [5.74, 6) is 1.59. The minimum atomic E-state index is 0.101. The number of rotatable bonds is 4. The van der Waals surface area contributed by atoms with Crippen LogP contribution in [-0.2, 0) is 5.75 Å². The van der Waals surface area contributed by atoms with Crippen molar-refractivity contribution in [1.29, 1.82) is 0 Å². The highest BCUT2D eigenvalue weighted by molar-refractivity contribution is 7.98. The van der Waals surface area contributed by atoms with Crippen molar-refractivity contribution < 1.29 is 4.79 Å². The maximum atomic E-state index is 12.6. The van der Waals surface area contributed by atoms with Gasteiger partial charge in [0.1, 0.15) is 0 Å². The third-order valence-corrected chi connectivity index (χ3v) is 5.61. The Bertz CT molecular complexity index is 714. The molecule has 1 aliphatic rings. The van der Waals surface area contributed by atoms with Crippen molar-refractivity contribution in [1.82, 2.24) is 9.88 Å². The van der Waals surface area contributed by atoms with Crippen molar-refractivity contribution in [3.8, 4) is 0 Å². The van der Waals surface area contributed by atoms with Gasteiger partial charge >= 0.3 is 0 Å². The van der Waals surface area contributed by atoms with E-state index in [0.29, 0.717) is 11.5 Å². The van der Waals surface area contributed by atoms with E-state index in [0.717, 1.165) is 47.2 Å². The van der Waals surface area contributed by atoms with Crippen LogP contribution >= 0.6 is 23.4 Å². The zero-order chi connectivity index (χ0) is 16.9. The molecule has 1 aromatic carbocycles. The molecule has 1 fully saturated rings. The number of halogens is 1. The fourth-order valence-electron chi connectivity index (χ4n) is 2.80. The summed E-state index contributed by atoms with van der Waals surface area (Å²) >= 11 is 7.71. The van der Waals surface area contributed by atoms with Crippen LogP contribution in [0.25, 0.3) is 0 Å². The van der Waals surface area contributed by atoms with Crippen LogP contribution in [0.3, 0.4) is 0 Å². The van der Waals surface area contributed by atoms with Gasteiger partial charge in [0.15, 0.2) is 0 Å². The Morgan fingerprint density at radius 2 is 2.08 bits per heavy atom. The maximum absolute atomic E-state index is 12.6. The van der Waals surface area contributed by atoms with Gasteiger partial charge in [0.25, 0.3) is 5.91 Å². The number of piperidine rings is 1. The molecule has 0 spiro atoms. The molecule has 0 bridgehead atoms. The van der Waals surface area contributed by atoms with Crippen molar-refractivity contribution in [2.24, 2.45) is 5.92 Å². The molecule has 3 rings (SSSR count). The number of thioether (sulfide) groups is 1. The third kappa shape index (κ3) is 4.52. The van der Waals surface area contributed by atoms with Crippen molar-refractivity contribution >= 4 is 29.3 Å². The number of carbonyl (C=O) groups excluding carboxylic acids is 1. The summed E-state index contributed by atoms with van der Waals surface area (Å²) in [6.45, 7) is 3.94. The molecule has 126 valence electrons. The molecule has 0 aliphatic carbocycles. The van der Waals surface area contributed by atoms with Gasteiger partial charge in [0.05, 0.1) is 5.56 Å². The standard InChI is InChI=1S/C19H21ClN2OS/c1-14-5-7-22(8-6-14)19(23)16-9-15(11-21-12-16)13-24-18-4-2-3-17(20)10-18/h2-4,9-12,14H,5-8,13H2,1H3. The zero-order valence-electron chi connectivity index (χ0n) is 13.7. The smallest absolute Gasteiger partial charge is 0.255 e. The quantitative estimate of drug-likeness (QED) is 0.727. The highest BCUT2D eigenvalue weighted by atomic mass is 35.5. The number of hydrogen-bond donors (Lipinski definition) is 0. The molecule has 1 saturated heterocycles. The highest BCUT2D eigenvalue weighted by Crippen LogP contribution is 2.25. The van der Waals surface area contributed by atoms with Gasteiger partial charge in [0, 0.05) is 41.2 Å². The van der Waals surface area contributed by atoms with Crippen LogP contribution in [0.1, 0.15) is 35.7 Å². The second-order valence-corrected chi connectivity index (χ2v) is 7.79. The Labute approximate surface area is 152 Å². The van der Waals surface area contributed by atoms with E-state index >= 15 is 0 Å². The van der Waals surface area contributed by atoms with Crippen LogP contribution < -0.4 is 0 Å². The summed E-state index contributed by atoms with van der Waals surface area (Å²) in [6, 6.07) is 9.76. The summed E-state index contributed by atoms with van der Waals surface area (Å²) < 4.78 is 0. The Morgan fingerprint density at radius 3 is 2.83 bits per heavy atom. The number of likely N-dealkylation sites (tertiary alicyclic amines) is 1. The lowest BCUT2D eigenvalue weighted by molar-refractivity contribution is 0.0696. The molecule has 0 N–H and O–H groups in total. The summed E-state index contributed by atoms with van der Waals surface area (Å²) in [6.07, 6.45) is 5.67. The lowest BCUT2D eigenvalue weighted by Crippen LogP contribution is -2.37. The van der Waals surface area contributed by atoms with Crippen molar-refractivity contribution in [2.75, 3.05) is 13.1 Å². The summed E-state index contributed by atoms with van der Waals surface area (Å²) in [7, 11) is 0. The molecule has 2 heterocycles. The molecule has 0 unspecified atom stereocenters. The van der Waals surface area contributed by atoms with E-state index in [9.17, 15) is 4.79 Å². The predicted octanol–water partition coefficient (Wildman–Crippen LogP) is 4.90. The van der Waals surface area contributed by atoms with E-state index < -0.39 is 0 Å². The summed E-state index contributed by atoms with van der Waals surface area (Å²) in [4.78, 5) is 20.0. The number of carbonyl (C=O) groups is 1. The SMILES string of the molecule is CC1CCN(C(=O)c2cncc(CSc3cccc(Cl)c3)c2)CC1. The van der Waals surface area contributed by atoms with E-state index in [1.165, 1.54) is 0 Å². The lowest BCUT2D eigenvalue weighted by Gasteiger charge is -2.30.